The lowest BCUT2D eigenvalue weighted by atomic mass is 10.1. The van der Waals surface area contributed by atoms with Crippen LogP contribution in [0.3, 0.4) is 0 Å². The van der Waals surface area contributed by atoms with Gasteiger partial charge in [0.05, 0.1) is 5.52 Å². The first-order chi connectivity index (χ1) is 7.78. The molecule has 0 unspecified atom stereocenters. The Bertz CT molecular complexity index is 533. The van der Waals surface area contributed by atoms with Gasteiger partial charge < -0.3 is 5.73 Å². The Labute approximate surface area is 95.5 Å². The van der Waals surface area contributed by atoms with Crippen molar-refractivity contribution in [1.82, 2.24) is 4.98 Å². The number of nitrogens with zero attached hydrogens (tertiary/aromatic N) is 1. The number of aromatic nitrogens is 1. The van der Waals surface area contributed by atoms with Crippen LogP contribution in [0.25, 0.3) is 10.9 Å². The molecule has 2 aromatic rings. The summed E-state index contributed by atoms with van der Waals surface area (Å²) in [7, 11) is 0. The largest absolute Gasteiger partial charge is 0.330 e. The normalized spacial score (nSPS) is 23.6. The van der Waals surface area contributed by atoms with E-state index in [4.69, 9.17) is 5.73 Å². The number of nitrogens with two attached hydrogens (primary N) is 1. The van der Waals surface area contributed by atoms with Gasteiger partial charge in [-0.15, -0.1) is 0 Å². The van der Waals surface area contributed by atoms with Gasteiger partial charge in [0.2, 0.25) is 0 Å². The monoisotopic (exact) mass is 212 g/mol. The zero-order valence-corrected chi connectivity index (χ0v) is 9.48. The minimum absolute atomic E-state index is 0.690. The van der Waals surface area contributed by atoms with Gasteiger partial charge in [0.15, 0.2) is 0 Å². The molecule has 16 heavy (non-hydrogen) atoms. The Kier molecular flexibility index (Phi) is 2.18. The van der Waals surface area contributed by atoms with Gasteiger partial charge in [-0.25, -0.2) is 0 Å². The summed E-state index contributed by atoms with van der Waals surface area (Å²) in [6.07, 6.45) is 1.25. The molecular weight excluding hydrogens is 196 g/mol. The molecular formula is C14H16N2. The molecule has 1 fully saturated rings. The first-order valence-electron chi connectivity index (χ1n) is 5.85. The quantitative estimate of drug-likeness (QED) is 0.831. The third-order valence-corrected chi connectivity index (χ3v) is 3.51. The Balaban J connectivity index is 2.00. The first kappa shape index (κ1) is 9.79. The number of hydrogen-bond donors (Lipinski definition) is 1. The van der Waals surface area contributed by atoms with E-state index in [1.165, 1.54) is 17.4 Å². The Morgan fingerprint density at radius 3 is 2.94 bits per heavy atom. The highest BCUT2D eigenvalue weighted by molar-refractivity contribution is 5.79. The molecule has 2 nitrogen and oxygen atoms in total. The zero-order valence-electron chi connectivity index (χ0n) is 9.48. The van der Waals surface area contributed by atoms with Crippen LogP contribution in [0.5, 0.6) is 0 Å². The van der Waals surface area contributed by atoms with E-state index < -0.39 is 0 Å². The van der Waals surface area contributed by atoms with E-state index in [-0.39, 0.29) is 0 Å². The molecule has 3 rings (SSSR count). The number of benzene rings is 1. The molecule has 1 aliphatic rings. The Morgan fingerprint density at radius 2 is 2.19 bits per heavy atom. The van der Waals surface area contributed by atoms with Crippen LogP contribution < -0.4 is 5.73 Å². The number of aryl methyl sites for hydroxylation is 1. The zero-order chi connectivity index (χ0) is 11.1. The van der Waals surface area contributed by atoms with Crippen LogP contribution in [0.2, 0.25) is 0 Å². The topological polar surface area (TPSA) is 38.9 Å². The van der Waals surface area contributed by atoms with Gasteiger partial charge in [-0.3, -0.25) is 4.98 Å². The molecule has 0 saturated heterocycles. The Hall–Kier alpha value is -1.41. The summed E-state index contributed by atoms with van der Waals surface area (Å²) in [5, 5.41) is 1.24. The van der Waals surface area contributed by atoms with Crippen LogP contribution >= 0.6 is 0 Å². The maximum Gasteiger partial charge on any atom is 0.0705 e. The molecule has 0 radical (unpaired) electrons. The number of rotatable bonds is 2. The van der Waals surface area contributed by atoms with E-state index in [1.54, 1.807) is 0 Å². The van der Waals surface area contributed by atoms with Crippen molar-refractivity contribution < 1.29 is 0 Å². The van der Waals surface area contributed by atoms with Gasteiger partial charge in [-0.1, -0.05) is 12.1 Å². The molecule has 1 aromatic heterocycles. The van der Waals surface area contributed by atoms with Crippen molar-refractivity contribution >= 4 is 10.9 Å². The SMILES string of the molecule is Cc1ccc2cc([C@@H]3C[C@H]3CN)ccc2n1. The molecule has 2 atom stereocenters. The van der Waals surface area contributed by atoms with Gasteiger partial charge in [0.25, 0.3) is 0 Å². The van der Waals surface area contributed by atoms with Gasteiger partial charge in [0, 0.05) is 11.1 Å². The molecule has 82 valence electrons. The summed E-state index contributed by atoms with van der Waals surface area (Å²) in [6.45, 7) is 2.84. The van der Waals surface area contributed by atoms with E-state index >= 15 is 0 Å². The van der Waals surface area contributed by atoms with E-state index in [1.807, 2.05) is 6.92 Å². The van der Waals surface area contributed by atoms with Crippen molar-refractivity contribution in [2.24, 2.45) is 11.7 Å². The lowest BCUT2D eigenvalue weighted by Gasteiger charge is -2.03. The minimum Gasteiger partial charge on any atom is -0.330 e. The molecule has 1 saturated carbocycles. The fraction of sp³-hybridized carbons (Fsp3) is 0.357. The summed E-state index contributed by atoms with van der Waals surface area (Å²) < 4.78 is 0. The fourth-order valence-electron chi connectivity index (χ4n) is 2.39. The molecule has 0 aliphatic heterocycles. The first-order valence-corrected chi connectivity index (χ1v) is 5.85. The molecule has 2 heteroatoms. The molecule has 2 N–H and O–H groups in total. The second-order valence-corrected chi connectivity index (χ2v) is 4.74. The highest BCUT2D eigenvalue weighted by atomic mass is 14.7. The number of fused-ring (bicyclic) bond motifs is 1. The van der Waals surface area contributed by atoms with Crippen molar-refractivity contribution in [3.05, 3.63) is 41.6 Å². The van der Waals surface area contributed by atoms with E-state index in [0.29, 0.717) is 11.8 Å². The van der Waals surface area contributed by atoms with Gasteiger partial charge in [0.1, 0.15) is 0 Å². The third-order valence-electron chi connectivity index (χ3n) is 3.51. The van der Waals surface area contributed by atoms with Crippen molar-refractivity contribution in [1.29, 1.82) is 0 Å². The highest BCUT2D eigenvalue weighted by Gasteiger charge is 2.36. The molecule has 1 aliphatic carbocycles. The van der Waals surface area contributed by atoms with Crippen LogP contribution in [-0.2, 0) is 0 Å². The van der Waals surface area contributed by atoms with Crippen LogP contribution in [0.4, 0.5) is 0 Å². The van der Waals surface area contributed by atoms with Crippen molar-refractivity contribution in [3.8, 4) is 0 Å². The van der Waals surface area contributed by atoms with Crippen LogP contribution in [0.15, 0.2) is 30.3 Å². The molecule has 0 spiro atoms. The molecule has 0 bridgehead atoms. The summed E-state index contributed by atoms with van der Waals surface area (Å²) in [5.41, 5.74) is 9.27. The predicted molar refractivity (Wildman–Crippen MR) is 66.4 cm³/mol. The van der Waals surface area contributed by atoms with Gasteiger partial charge in [-0.05, 0) is 55.5 Å². The summed E-state index contributed by atoms with van der Waals surface area (Å²) in [4.78, 5) is 4.51. The molecule has 0 amide bonds. The molecule has 1 aromatic carbocycles. The molecule has 1 heterocycles. The van der Waals surface area contributed by atoms with Gasteiger partial charge in [-0.2, -0.15) is 0 Å². The maximum atomic E-state index is 5.68. The average Bonchev–Trinajstić information content (AvgIpc) is 3.07. The third kappa shape index (κ3) is 1.59. The lowest BCUT2D eigenvalue weighted by Crippen LogP contribution is -2.01. The van der Waals surface area contributed by atoms with Gasteiger partial charge >= 0.3 is 0 Å². The summed E-state index contributed by atoms with van der Waals surface area (Å²) in [5.74, 6) is 1.39. The number of hydrogen-bond acceptors (Lipinski definition) is 2. The second-order valence-electron chi connectivity index (χ2n) is 4.74. The van der Waals surface area contributed by atoms with E-state index in [2.05, 4.69) is 35.3 Å². The van der Waals surface area contributed by atoms with Crippen molar-refractivity contribution in [3.63, 3.8) is 0 Å². The average molecular weight is 212 g/mol. The summed E-state index contributed by atoms with van der Waals surface area (Å²) in [6, 6.07) is 10.8. The van der Waals surface area contributed by atoms with Crippen LogP contribution in [-0.4, -0.2) is 11.5 Å². The van der Waals surface area contributed by atoms with Crippen molar-refractivity contribution in [2.75, 3.05) is 6.54 Å². The fourth-order valence-corrected chi connectivity index (χ4v) is 2.39. The highest BCUT2D eigenvalue weighted by Crippen LogP contribution is 2.46. The van der Waals surface area contributed by atoms with Crippen molar-refractivity contribution in [2.45, 2.75) is 19.3 Å². The maximum absolute atomic E-state index is 5.68. The smallest absolute Gasteiger partial charge is 0.0705 e. The predicted octanol–water partition coefficient (Wildman–Crippen LogP) is 2.61. The minimum atomic E-state index is 0.690. The Morgan fingerprint density at radius 1 is 1.31 bits per heavy atom. The second kappa shape index (κ2) is 3.56. The van der Waals surface area contributed by atoms with E-state index in [9.17, 15) is 0 Å². The lowest BCUT2D eigenvalue weighted by molar-refractivity contribution is 0.810. The summed E-state index contributed by atoms with van der Waals surface area (Å²) >= 11 is 0. The van der Waals surface area contributed by atoms with Crippen LogP contribution in [0, 0.1) is 12.8 Å². The number of pyridine rings is 1. The standard InChI is InChI=1S/C14H16N2/c1-9-2-3-11-6-10(4-5-14(11)16-9)13-7-12(13)8-15/h2-6,12-13H,7-8,15H2,1H3/t12-,13-/m0/s1. The van der Waals surface area contributed by atoms with Crippen LogP contribution in [0.1, 0.15) is 23.6 Å². The van der Waals surface area contributed by atoms with E-state index in [0.717, 1.165) is 17.8 Å².